The summed E-state index contributed by atoms with van der Waals surface area (Å²) in [6.07, 6.45) is -1.17. The molecule has 0 saturated heterocycles. The summed E-state index contributed by atoms with van der Waals surface area (Å²) in [7, 11) is 0. The van der Waals surface area contributed by atoms with Crippen molar-refractivity contribution < 1.29 is 18.7 Å². The van der Waals surface area contributed by atoms with Gasteiger partial charge in [0.05, 0.1) is 16.3 Å². The summed E-state index contributed by atoms with van der Waals surface area (Å²) in [5, 5.41) is 2.97. The van der Waals surface area contributed by atoms with Crippen LogP contribution in [0.4, 0.5) is 10.1 Å². The largest absolute Gasteiger partial charge is 0.449 e. The van der Waals surface area contributed by atoms with Crippen molar-refractivity contribution in [2.75, 3.05) is 5.32 Å². The van der Waals surface area contributed by atoms with E-state index in [9.17, 15) is 18.8 Å². The van der Waals surface area contributed by atoms with Crippen LogP contribution >= 0.6 is 11.6 Å². The van der Waals surface area contributed by atoms with Crippen LogP contribution in [0.25, 0.3) is 10.9 Å². The number of H-pyrrole nitrogens is 1. The third-order valence-electron chi connectivity index (χ3n) is 3.81. The van der Waals surface area contributed by atoms with Crippen LogP contribution in [0.5, 0.6) is 0 Å². The Kier molecular flexibility index (Phi) is 5.23. The predicted molar refractivity (Wildman–Crippen MR) is 99.5 cm³/mol. The van der Waals surface area contributed by atoms with Crippen molar-refractivity contribution >= 4 is 40.1 Å². The Hall–Kier alpha value is -3.19. The van der Waals surface area contributed by atoms with E-state index in [0.29, 0.717) is 10.9 Å². The van der Waals surface area contributed by atoms with E-state index in [1.54, 1.807) is 24.3 Å². The number of halogens is 2. The van der Waals surface area contributed by atoms with Crippen LogP contribution in [-0.2, 0) is 9.53 Å². The molecular formula is C19H14ClFN2O4. The molecule has 3 aromatic rings. The molecule has 0 radical (unpaired) electrons. The number of para-hydroxylation sites is 1. The Bertz CT molecular complexity index is 1100. The highest BCUT2D eigenvalue weighted by Gasteiger charge is 2.21. The van der Waals surface area contributed by atoms with Crippen molar-refractivity contribution in [1.29, 1.82) is 0 Å². The number of hydrogen-bond acceptors (Lipinski definition) is 4. The fraction of sp³-hybridized carbons (Fsp3) is 0.105. The van der Waals surface area contributed by atoms with Crippen LogP contribution < -0.4 is 10.9 Å². The third-order valence-corrected chi connectivity index (χ3v) is 4.13. The molecule has 3 rings (SSSR count). The van der Waals surface area contributed by atoms with Crippen LogP contribution in [0.2, 0.25) is 5.02 Å². The van der Waals surface area contributed by atoms with E-state index < -0.39 is 29.4 Å². The van der Waals surface area contributed by atoms with Gasteiger partial charge < -0.3 is 15.0 Å². The van der Waals surface area contributed by atoms with Crippen LogP contribution in [0, 0.1) is 5.82 Å². The van der Waals surface area contributed by atoms with Gasteiger partial charge in [-0.1, -0.05) is 29.8 Å². The van der Waals surface area contributed by atoms with Crippen molar-refractivity contribution in [1.82, 2.24) is 4.98 Å². The molecule has 1 atom stereocenters. The highest BCUT2D eigenvalue weighted by atomic mass is 35.5. The maximum Gasteiger partial charge on any atom is 0.339 e. The molecule has 27 heavy (non-hydrogen) atoms. The number of amides is 1. The molecule has 2 aromatic carbocycles. The van der Waals surface area contributed by atoms with Crippen molar-refractivity contribution in [3.63, 3.8) is 0 Å². The van der Waals surface area contributed by atoms with Gasteiger partial charge in [-0.05, 0) is 31.2 Å². The van der Waals surface area contributed by atoms with Crippen molar-refractivity contribution in [2.45, 2.75) is 13.0 Å². The second-order valence-corrected chi connectivity index (χ2v) is 6.16. The van der Waals surface area contributed by atoms with Gasteiger partial charge in [-0.2, -0.15) is 0 Å². The Morgan fingerprint density at radius 1 is 1.19 bits per heavy atom. The summed E-state index contributed by atoms with van der Waals surface area (Å²) in [4.78, 5) is 39.1. The lowest BCUT2D eigenvalue weighted by Gasteiger charge is -2.15. The fourth-order valence-corrected chi connectivity index (χ4v) is 2.69. The first kappa shape index (κ1) is 18.6. The predicted octanol–water partition coefficient (Wildman–Crippen LogP) is 3.50. The highest BCUT2D eigenvalue weighted by Crippen LogP contribution is 2.23. The zero-order valence-corrected chi connectivity index (χ0v) is 14.8. The summed E-state index contributed by atoms with van der Waals surface area (Å²) in [5.41, 5.74) is 0.254. The van der Waals surface area contributed by atoms with Gasteiger partial charge in [-0.25, -0.2) is 9.18 Å². The van der Waals surface area contributed by atoms with E-state index in [4.69, 9.17) is 16.3 Å². The molecule has 1 heterocycles. The van der Waals surface area contributed by atoms with Gasteiger partial charge in [0.25, 0.3) is 5.91 Å². The molecule has 6 nitrogen and oxygen atoms in total. The number of hydrogen-bond donors (Lipinski definition) is 2. The number of pyridine rings is 1. The van der Waals surface area contributed by atoms with E-state index in [1.165, 1.54) is 13.0 Å². The van der Waals surface area contributed by atoms with Gasteiger partial charge in [0.15, 0.2) is 6.10 Å². The topological polar surface area (TPSA) is 88.3 Å². The van der Waals surface area contributed by atoms with Gasteiger partial charge in [-0.15, -0.1) is 0 Å². The Balaban J connectivity index is 1.78. The summed E-state index contributed by atoms with van der Waals surface area (Å²) >= 11 is 5.86. The van der Waals surface area contributed by atoms with E-state index in [1.807, 2.05) is 0 Å². The minimum atomic E-state index is -1.17. The second kappa shape index (κ2) is 7.59. The van der Waals surface area contributed by atoms with Gasteiger partial charge in [0.2, 0.25) is 5.56 Å². The molecule has 138 valence electrons. The van der Waals surface area contributed by atoms with Gasteiger partial charge in [0, 0.05) is 17.0 Å². The molecule has 0 bridgehead atoms. The summed E-state index contributed by atoms with van der Waals surface area (Å²) < 4.78 is 18.2. The maximum absolute atomic E-state index is 13.1. The Labute approximate surface area is 157 Å². The standard InChI is InChI=1S/C19H14ClFN2O4/c1-10(18(25)23-16-7-6-11(21)8-14(16)20)27-19(26)13-9-17(24)22-15-5-3-2-4-12(13)15/h2-10H,1H3,(H,22,24)(H,23,25)/t10-/m1/s1. The van der Waals surface area contributed by atoms with Crippen LogP contribution in [0.15, 0.2) is 53.3 Å². The third kappa shape index (κ3) is 4.15. The first-order chi connectivity index (χ1) is 12.8. The van der Waals surface area contributed by atoms with Crippen molar-refractivity contribution in [3.05, 3.63) is 75.3 Å². The molecule has 0 fully saturated rings. The van der Waals surface area contributed by atoms with E-state index in [2.05, 4.69) is 10.3 Å². The number of nitrogens with one attached hydrogen (secondary N) is 2. The minimum absolute atomic E-state index is 0.0162. The molecule has 2 N–H and O–H groups in total. The van der Waals surface area contributed by atoms with Gasteiger partial charge in [-0.3, -0.25) is 9.59 Å². The SMILES string of the molecule is C[C@@H](OC(=O)c1cc(=O)[nH]c2ccccc12)C(=O)Nc1ccc(F)cc1Cl. The number of benzene rings is 2. The van der Waals surface area contributed by atoms with Crippen LogP contribution in [0.3, 0.4) is 0 Å². The first-order valence-electron chi connectivity index (χ1n) is 7.94. The molecule has 8 heteroatoms. The zero-order chi connectivity index (χ0) is 19.6. The molecule has 0 aliphatic carbocycles. The number of carbonyl (C=O) groups excluding carboxylic acids is 2. The Morgan fingerprint density at radius 2 is 1.93 bits per heavy atom. The number of aromatic nitrogens is 1. The van der Waals surface area contributed by atoms with Crippen LogP contribution in [-0.4, -0.2) is 23.0 Å². The Morgan fingerprint density at radius 3 is 2.67 bits per heavy atom. The molecule has 0 aliphatic rings. The number of ether oxygens (including phenoxy) is 1. The quantitative estimate of drug-likeness (QED) is 0.669. The second-order valence-electron chi connectivity index (χ2n) is 5.75. The molecule has 0 aliphatic heterocycles. The highest BCUT2D eigenvalue weighted by molar-refractivity contribution is 6.33. The number of carbonyl (C=O) groups is 2. The maximum atomic E-state index is 13.1. The average molecular weight is 389 g/mol. The van der Waals surface area contributed by atoms with E-state index in [-0.39, 0.29) is 16.3 Å². The minimum Gasteiger partial charge on any atom is -0.449 e. The summed E-state index contributed by atoms with van der Waals surface area (Å²) in [6, 6.07) is 11.3. The first-order valence-corrected chi connectivity index (χ1v) is 8.32. The van der Waals surface area contributed by atoms with Gasteiger partial charge in [0.1, 0.15) is 5.82 Å². The number of rotatable bonds is 4. The summed E-state index contributed by atoms with van der Waals surface area (Å²) in [5.74, 6) is -2.00. The molecule has 0 unspecified atom stereocenters. The van der Waals surface area contributed by atoms with E-state index in [0.717, 1.165) is 18.2 Å². The van der Waals surface area contributed by atoms with Crippen molar-refractivity contribution in [2.24, 2.45) is 0 Å². The lowest BCUT2D eigenvalue weighted by atomic mass is 10.1. The number of esters is 1. The lowest BCUT2D eigenvalue weighted by molar-refractivity contribution is -0.123. The lowest BCUT2D eigenvalue weighted by Crippen LogP contribution is -2.30. The number of aromatic amines is 1. The fourth-order valence-electron chi connectivity index (χ4n) is 2.48. The van der Waals surface area contributed by atoms with E-state index >= 15 is 0 Å². The normalized spacial score (nSPS) is 11.8. The van der Waals surface area contributed by atoms with Gasteiger partial charge >= 0.3 is 5.97 Å². The molecule has 1 aromatic heterocycles. The average Bonchev–Trinajstić information content (AvgIpc) is 2.63. The smallest absolute Gasteiger partial charge is 0.339 e. The molecule has 0 spiro atoms. The van der Waals surface area contributed by atoms with Crippen molar-refractivity contribution in [3.8, 4) is 0 Å². The molecule has 1 amide bonds. The number of fused-ring (bicyclic) bond motifs is 1. The number of anilines is 1. The monoisotopic (exact) mass is 388 g/mol. The molecular weight excluding hydrogens is 375 g/mol. The molecule has 0 saturated carbocycles. The van der Waals surface area contributed by atoms with Crippen LogP contribution in [0.1, 0.15) is 17.3 Å². The zero-order valence-electron chi connectivity index (χ0n) is 14.1. The summed E-state index contributed by atoms with van der Waals surface area (Å²) in [6.45, 7) is 1.38.